The third kappa shape index (κ3) is 6.06. The molecule has 0 saturated heterocycles. The van der Waals surface area contributed by atoms with E-state index in [1.54, 1.807) is 0 Å². The van der Waals surface area contributed by atoms with Gasteiger partial charge in [-0.1, -0.05) is 45.7 Å². The lowest BCUT2D eigenvalue weighted by atomic mass is 10.2. The van der Waals surface area contributed by atoms with Crippen molar-refractivity contribution in [3.63, 3.8) is 0 Å². The Labute approximate surface area is 138 Å². The number of ether oxygens (including phenoxy) is 1. The maximum atomic E-state index is 9.88. The highest BCUT2D eigenvalue weighted by atomic mass is 79.9. The van der Waals surface area contributed by atoms with Crippen LogP contribution in [0.15, 0.2) is 53.0 Å². The van der Waals surface area contributed by atoms with Crippen LogP contribution in [0.25, 0.3) is 0 Å². The molecule has 0 amide bonds. The zero-order chi connectivity index (χ0) is 15.1. The molecule has 1 atom stereocenters. The normalized spacial score (nSPS) is 12.1. The largest absolute Gasteiger partial charge is 0.491 e. The fourth-order valence-electron chi connectivity index (χ4n) is 1.79. The van der Waals surface area contributed by atoms with Crippen LogP contribution in [0.5, 0.6) is 5.75 Å². The minimum Gasteiger partial charge on any atom is -0.491 e. The molecule has 0 aliphatic heterocycles. The van der Waals surface area contributed by atoms with Gasteiger partial charge in [-0.2, -0.15) is 0 Å². The van der Waals surface area contributed by atoms with Gasteiger partial charge in [0.1, 0.15) is 18.5 Å². The smallest absolute Gasteiger partial charge is 0.120 e. The van der Waals surface area contributed by atoms with Gasteiger partial charge in [-0.3, -0.25) is 0 Å². The van der Waals surface area contributed by atoms with Gasteiger partial charge in [-0.15, -0.1) is 0 Å². The second-order valence-electron chi connectivity index (χ2n) is 4.68. The van der Waals surface area contributed by atoms with Gasteiger partial charge < -0.3 is 15.2 Å². The summed E-state index contributed by atoms with van der Waals surface area (Å²) >= 11 is 9.20. The van der Waals surface area contributed by atoms with Crippen molar-refractivity contribution in [1.82, 2.24) is 5.32 Å². The summed E-state index contributed by atoms with van der Waals surface area (Å²) in [4.78, 5) is 0. The Balaban J connectivity index is 1.67. The number of nitrogens with one attached hydrogen (secondary N) is 1. The molecule has 0 heterocycles. The van der Waals surface area contributed by atoms with Gasteiger partial charge >= 0.3 is 0 Å². The van der Waals surface area contributed by atoms with Crippen LogP contribution in [-0.4, -0.2) is 24.4 Å². The fraction of sp³-hybridized carbons (Fsp3) is 0.250. The van der Waals surface area contributed by atoms with E-state index in [0.29, 0.717) is 13.1 Å². The van der Waals surface area contributed by atoms with Crippen molar-refractivity contribution in [2.45, 2.75) is 12.6 Å². The topological polar surface area (TPSA) is 41.5 Å². The van der Waals surface area contributed by atoms with E-state index < -0.39 is 6.10 Å². The summed E-state index contributed by atoms with van der Waals surface area (Å²) in [6.45, 7) is 1.41. The molecule has 0 aromatic heterocycles. The van der Waals surface area contributed by atoms with Crippen LogP contribution in [0, 0.1) is 0 Å². The molecule has 3 nitrogen and oxygen atoms in total. The van der Waals surface area contributed by atoms with Gasteiger partial charge in [-0.25, -0.2) is 0 Å². The molecule has 1 unspecified atom stereocenters. The third-order valence-electron chi connectivity index (χ3n) is 2.86. The molecular formula is C16H17BrClNO2. The Bertz CT molecular complexity index is 562. The van der Waals surface area contributed by atoms with Gasteiger partial charge in [-0.05, 0) is 35.9 Å². The van der Waals surface area contributed by atoms with Crippen molar-refractivity contribution < 1.29 is 9.84 Å². The van der Waals surface area contributed by atoms with Crippen LogP contribution in [0.3, 0.4) is 0 Å². The van der Waals surface area contributed by atoms with Crippen molar-refractivity contribution in [1.29, 1.82) is 0 Å². The summed E-state index contributed by atoms with van der Waals surface area (Å²) < 4.78 is 6.48. The van der Waals surface area contributed by atoms with E-state index in [-0.39, 0.29) is 6.61 Å². The van der Waals surface area contributed by atoms with Crippen molar-refractivity contribution in [3.05, 3.63) is 63.6 Å². The predicted molar refractivity (Wildman–Crippen MR) is 88.8 cm³/mol. The van der Waals surface area contributed by atoms with Crippen LogP contribution >= 0.6 is 27.5 Å². The van der Waals surface area contributed by atoms with Crippen molar-refractivity contribution >= 4 is 27.5 Å². The molecular weight excluding hydrogens is 354 g/mol. The van der Waals surface area contributed by atoms with E-state index in [1.807, 2.05) is 48.5 Å². The predicted octanol–water partition coefficient (Wildman–Crippen LogP) is 3.63. The first kappa shape index (κ1) is 16.3. The maximum Gasteiger partial charge on any atom is 0.120 e. The van der Waals surface area contributed by atoms with E-state index in [1.165, 1.54) is 0 Å². The molecule has 5 heteroatoms. The number of rotatable bonds is 7. The first-order valence-electron chi connectivity index (χ1n) is 6.65. The molecule has 0 aliphatic carbocycles. The number of benzene rings is 2. The molecule has 0 bridgehead atoms. The standard InChI is InChI=1S/C16H17BrClNO2/c17-13-2-1-3-16(8-13)21-11-15(20)10-19-9-12-4-6-14(18)7-5-12/h1-8,15,19-20H,9-11H2. The molecule has 0 spiro atoms. The van der Waals surface area contributed by atoms with Crippen LogP contribution in [0.2, 0.25) is 5.02 Å². The van der Waals surface area contributed by atoms with Crippen LogP contribution in [0.4, 0.5) is 0 Å². The second kappa shape index (κ2) is 8.39. The summed E-state index contributed by atoms with van der Waals surface area (Å²) in [7, 11) is 0. The number of hydrogen-bond acceptors (Lipinski definition) is 3. The molecule has 2 aromatic carbocycles. The minimum absolute atomic E-state index is 0.254. The number of halogens is 2. The van der Waals surface area contributed by atoms with Gasteiger partial charge in [0.15, 0.2) is 0 Å². The summed E-state index contributed by atoms with van der Waals surface area (Å²) in [5.41, 5.74) is 1.12. The van der Waals surface area contributed by atoms with Crippen molar-refractivity contribution in [3.8, 4) is 5.75 Å². The Morgan fingerprint density at radius 3 is 2.67 bits per heavy atom. The molecule has 21 heavy (non-hydrogen) atoms. The molecule has 0 fully saturated rings. The van der Waals surface area contributed by atoms with Crippen LogP contribution in [-0.2, 0) is 6.54 Å². The number of hydrogen-bond donors (Lipinski definition) is 2. The Kier molecular flexibility index (Phi) is 6.51. The number of aliphatic hydroxyl groups excluding tert-OH is 1. The van der Waals surface area contributed by atoms with E-state index in [9.17, 15) is 5.11 Å². The maximum absolute atomic E-state index is 9.88. The van der Waals surface area contributed by atoms with Gasteiger partial charge in [0.05, 0.1) is 0 Å². The minimum atomic E-state index is -0.559. The Hall–Kier alpha value is -1.07. The fourth-order valence-corrected chi connectivity index (χ4v) is 2.30. The lowest BCUT2D eigenvalue weighted by Gasteiger charge is -2.13. The lowest BCUT2D eigenvalue weighted by Crippen LogP contribution is -2.31. The van der Waals surface area contributed by atoms with E-state index >= 15 is 0 Å². The van der Waals surface area contributed by atoms with Crippen LogP contribution < -0.4 is 10.1 Å². The van der Waals surface area contributed by atoms with Crippen molar-refractivity contribution in [2.24, 2.45) is 0 Å². The van der Waals surface area contributed by atoms with Crippen molar-refractivity contribution in [2.75, 3.05) is 13.2 Å². The van der Waals surface area contributed by atoms with Gasteiger partial charge in [0.2, 0.25) is 0 Å². The molecule has 2 N–H and O–H groups in total. The highest BCUT2D eigenvalue weighted by Crippen LogP contribution is 2.17. The SMILES string of the molecule is OC(CNCc1ccc(Cl)cc1)COc1cccc(Br)c1. The summed E-state index contributed by atoms with van der Waals surface area (Å²) in [6.07, 6.45) is -0.559. The summed E-state index contributed by atoms with van der Waals surface area (Å²) in [5, 5.41) is 13.8. The summed E-state index contributed by atoms with van der Waals surface area (Å²) in [6, 6.07) is 15.2. The third-order valence-corrected chi connectivity index (χ3v) is 3.61. The van der Waals surface area contributed by atoms with E-state index in [0.717, 1.165) is 20.8 Å². The monoisotopic (exact) mass is 369 g/mol. The highest BCUT2D eigenvalue weighted by Gasteiger charge is 2.05. The van der Waals surface area contributed by atoms with Gasteiger partial charge in [0.25, 0.3) is 0 Å². The molecule has 2 rings (SSSR count). The molecule has 112 valence electrons. The van der Waals surface area contributed by atoms with Gasteiger partial charge in [0, 0.05) is 22.6 Å². The highest BCUT2D eigenvalue weighted by molar-refractivity contribution is 9.10. The average molecular weight is 371 g/mol. The first-order chi connectivity index (χ1) is 10.1. The van der Waals surface area contributed by atoms with E-state index in [2.05, 4.69) is 21.2 Å². The second-order valence-corrected chi connectivity index (χ2v) is 6.03. The summed E-state index contributed by atoms with van der Waals surface area (Å²) in [5.74, 6) is 0.737. The first-order valence-corrected chi connectivity index (χ1v) is 7.82. The lowest BCUT2D eigenvalue weighted by molar-refractivity contribution is 0.106. The number of aliphatic hydroxyl groups is 1. The molecule has 0 aliphatic rings. The zero-order valence-corrected chi connectivity index (χ0v) is 13.8. The quantitative estimate of drug-likeness (QED) is 0.782. The zero-order valence-electron chi connectivity index (χ0n) is 11.4. The Morgan fingerprint density at radius 2 is 1.95 bits per heavy atom. The molecule has 0 saturated carbocycles. The molecule has 0 radical (unpaired) electrons. The molecule has 2 aromatic rings. The van der Waals surface area contributed by atoms with E-state index in [4.69, 9.17) is 16.3 Å². The average Bonchev–Trinajstić information content (AvgIpc) is 2.47. The Morgan fingerprint density at radius 1 is 1.19 bits per heavy atom. The van der Waals surface area contributed by atoms with Crippen LogP contribution in [0.1, 0.15) is 5.56 Å².